The monoisotopic (exact) mass is 222 g/mol. The molecule has 1 rings (SSSR count). The van der Waals surface area contributed by atoms with Gasteiger partial charge in [-0.25, -0.2) is 4.39 Å². The minimum atomic E-state index is -0.436. The molecule has 0 bridgehead atoms. The van der Waals surface area contributed by atoms with Crippen LogP contribution in [0.5, 0.6) is 0 Å². The van der Waals surface area contributed by atoms with Crippen molar-refractivity contribution in [2.45, 2.75) is 4.29 Å². The Morgan fingerprint density at radius 2 is 2.00 bits per heavy atom. The van der Waals surface area contributed by atoms with Crippen LogP contribution >= 0.6 is 27.5 Å². The molecule has 1 aromatic carbocycles. The molecule has 0 saturated carbocycles. The van der Waals surface area contributed by atoms with Crippen LogP contribution < -0.4 is 0 Å². The Balaban J connectivity index is 3.03. The zero-order valence-corrected chi connectivity index (χ0v) is 7.36. The van der Waals surface area contributed by atoms with Crippen LogP contribution in [0.2, 0.25) is 0 Å². The van der Waals surface area contributed by atoms with E-state index in [1.165, 1.54) is 6.07 Å². The Morgan fingerprint density at radius 1 is 1.40 bits per heavy atom. The van der Waals surface area contributed by atoms with Crippen molar-refractivity contribution in [1.82, 2.24) is 0 Å². The number of hydrogen-bond donors (Lipinski definition) is 0. The molecule has 0 fully saturated rings. The zero-order valence-electron chi connectivity index (χ0n) is 5.02. The summed E-state index contributed by atoms with van der Waals surface area (Å²) in [5.41, 5.74) is 0.476. The molecule has 0 spiro atoms. The molecule has 0 amide bonds. The number of hydrogen-bond acceptors (Lipinski definition) is 0. The highest BCUT2D eigenvalue weighted by molar-refractivity contribution is 9.09. The average molecular weight is 223 g/mol. The van der Waals surface area contributed by atoms with Crippen LogP contribution in [0, 0.1) is 5.82 Å². The Bertz CT molecular complexity index is 225. The zero-order chi connectivity index (χ0) is 7.56. The highest BCUT2D eigenvalue weighted by Gasteiger charge is 2.06. The van der Waals surface area contributed by atoms with Gasteiger partial charge in [0.2, 0.25) is 0 Å². The summed E-state index contributed by atoms with van der Waals surface area (Å²) in [7, 11) is 0. The maximum Gasteiger partial charge on any atom is 0.128 e. The van der Waals surface area contributed by atoms with E-state index in [1.807, 2.05) is 0 Å². The highest BCUT2D eigenvalue weighted by Crippen LogP contribution is 2.28. The third-order valence-electron chi connectivity index (χ3n) is 1.14. The van der Waals surface area contributed by atoms with Gasteiger partial charge in [0, 0.05) is 5.56 Å². The summed E-state index contributed by atoms with van der Waals surface area (Å²) in [5.74, 6) is -0.278. The summed E-state index contributed by atoms with van der Waals surface area (Å²) >= 11 is 8.64. The first-order valence-corrected chi connectivity index (χ1v) is 4.09. The summed E-state index contributed by atoms with van der Waals surface area (Å²) in [5, 5.41) is 0. The fourth-order valence-electron chi connectivity index (χ4n) is 0.652. The van der Waals surface area contributed by atoms with Crippen LogP contribution in [-0.2, 0) is 0 Å². The SMILES string of the molecule is Fc1ccccc1C(Cl)Br. The van der Waals surface area contributed by atoms with Gasteiger partial charge in [0.25, 0.3) is 0 Å². The van der Waals surface area contributed by atoms with Gasteiger partial charge < -0.3 is 0 Å². The van der Waals surface area contributed by atoms with Crippen LogP contribution in [0.15, 0.2) is 24.3 Å². The van der Waals surface area contributed by atoms with Gasteiger partial charge in [-0.1, -0.05) is 34.1 Å². The number of halogens is 3. The first-order valence-electron chi connectivity index (χ1n) is 2.74. The van der Waals surface area contributed by atoms with E-state index in [4.69, 9.17) is 11.6 Å². The van der Waals surface area contributed by atoms with E-state index >= 15 is 0 Å². The quantitative estimate of drug-likeness (QED) is 0.640. The molecule has 0 radical (unpaired) electrons. The van der Waals surface area contributed by atoms with Gasteiger partial charge in [0.05, 0.1) is 0 Å². The second-order valence-corrected chi connectivity index (χ2v) is 3.70. The fraction of sp³-hybridized carbons (Fsp3) is 0.143. The van der Waals surface area contributed by atoms with Crippen molar-refractivity contribution in [3.8, 4) is 0 Å². The van der Waals surface area contributed by atoms with Crippen LogP contribution in [0.4, 0.5) is 4.39 Å². The smallest absolute Gasteiger partial charge is 0.128 e. The van der Waals surface area contributed by atoms with Gasteiger partial charge in [-0.3, -0.25) is 0 Å². The maximum atomic E-state index is 12.7. The van der Waals surface area contributed by atoms with Crippen molar-refractivity contribution in [2.24, 2.45) is 0 Å². The third kappa shape index (κ3) is 1.70. The second-order valence-electron chi connectivity index (χ2n) is 1.82. The van der Waals surface area contributed by atoms with Crippen molar-refractivity contribution in [3.63, 3.8) is 0 Å². The molecule has 0 heterocycles. The van der Waals surface area contributed by atoms with Crippen LogP contribution in [-0.4, -0.2) is 0 Å². The molecule has 0 N–H and O–H groups in total. The van der Waals surface area contributed by atoms with E-state index in [-0.39, 0.29) is 5.82 Å². The fourth-order valence-corrected chi connectivity index (χ4v) is 1.20. The highest BCUT2D eigenvalue weighted by atomic mass is 79.9. The lowest BCUT2D eigenvalue weighted by Crippen LogP contribution is -1.85. The summed E-state index contributed by atoms with van der Waals surface area (Å²) < 4.78 is 12.3. The molecule has 0 aliphatic rings. The van der Waals surface area contributed by atoms with E-state index in [1.54, 1.807) is 18.2 Å². The summed E-state index contributed by atoms with van der Waals surface area (Å²) in [6.07, 6.45) is 0. The lowest BCUT2D eigenvalue weighted by Gasteiger charge is -2.00. The van der Waals surface area contributed by atoms with E-state index in [2.05, 4.69) is 15.9 Å². The predicted octanol–water partition coefficient (Wildman–Crippen LogP) is 3.46. The topological polar surface area (TPSA) is 0 Å². The number of rotatable bonds is 1. The van der Waals surface area contributed by atoms with Crippen molar-refractivity contribution in [1.29, 1.82) is 0 Å². The molecule has 0 aromatic heterocycles. The summed E-state index contributed by atoms with van der Waals surface area (Å²) in [6, 6.07) is 6.40. The molecule has 10 heavy (non-hydrogen) atoms. The Kier molecular flexibility index (Phi) is 2.69. The van der Waals surface area contributed by atoms with E-state index in [9.17, 15) is 4.39 Å². The number of benzene rings is 1. The second kappa shape index (κ2) is 3.35. The Morgan fingerprint density at radius 3 is 2.40 bits per heavy atom. The van der Waals surface area contributed by atoms with Crippen molar-refractivity contribution < 1.29 is 4.39 Å². The Hall–Kier alpha value is -0.0800. The molecule has 3 heteroatoms. The molecule has 0 aliphatic heterocycles. The number of alkyl halides is 2. The van der Waals surface area contributed by atoms with Gasteiger partial charge >= 0.3 is 0 Å². The van der Waals surface area contributed by atoms with E-state index in [0.29, 0.717) is 5.56 Å². The molecule has 1 atom stereocenters. The lowest BCUT2D eigenvalue weighted by atomic mass is 10.2. The van der Waals surface area contributed by atoms with E-state index in [0.717, 1.165) is 0 Å². The minimum absolute atomic E-state index is 0.278. The first kappa shape index (κ1) is 8.02. The third-order valence-corrected chi connectivity index (χ3v) is 1.87. The van der Waals surface area contributed by atoms with Gasteiger partial charge in [0.1, 0.15) is 10.1 Å². The minimum Gasteiger partial charge on any atom is -0.207 e. The van der Waals surface area contributed by atoms with Crippen LogP contribution in [0.25, 0.3) is 0 Å². The largest absolute Gasteiger partial charge is 0.207 e. The molecular formula is C7H5BrClF. The molecule has 54 valence electrons. The van der Waals surface area contributed by atoms with Crippen molar-refractivity contribution in [2.75, 3.05) is 0 Å². The van der Waals surface area contributed by atoms with Gasteiger partial charge in [0.15, 0.2) is 0 Å². The van der Waals surface area contributed by atoms with Gasteiger partial charge in [-0.15, -0.1) is 11.6 Å². The van der Waals surface area contributed by atoms with E-state index < -0.39 is 4.29 Å². The summed E-state index contributed by atoms with van der Waals surface area (Å²) in [6.45, 7) is 0. The predicted molar refractivity (Wildman–Crippen MR) is 43.9 cm³/mol. The molecule has 0 aliphatic carbocycles. The standard InChI is InChI=1S/C7H5BrClF/c8-7(9)5-3-1-2-4-6(5)10/h1-4,7H. The van der Waals surface area contributed by atoms with Crippen molar-refractivity contribution in [3.05, 3.63) is 35.6 Å². The van der Waals surface area contributed by atoms with Gasteiger partial charge in [-0.2, -0.15) is 0 Å². The lowest BCUT2D eigenvalue weighted by molar-refractivity contribution is 0.617. The van der Waals surface area contributed by atoms with Gasteiger partial charge in [-0.05, 0) is 6.07 Å². The molecule has 1 aromatic rings. The average Bonchev–Trinajstić information content (AvgIpc) is 1.88. The summed E-state index contributed by atoms with van der Waals surface area (Å²) in [4.78, 5) is 0. The maximum absolute atomic E-state index is 12.7. The molecule has 0 saturated heterocycles. The molecule has 1 unspecified atom stereocenters. The van der Waals surface area contributed by atoms with Crippen LogP contribution in [0.1, 0.15) is 9.85 Å². The first-order chi connectivity index (χ1) is 4.72. The molecular weight excluding hydrogens is 218 g/mol. The van der Waals surface area contributed by atoms with Crippen molar-refractivity contribution >= 4 is 27.5 Å². The normalized spacial score (nSPS) is 13.1. The molecule has 0 nitrogen and oxygen atoms in total. The Labute approximate surface area is 72.1 Å². The van der Waals surface area contributed by atoms with Crippen LogP contribution in [0.3, 0.4) is 0 Å².